The number of amides is 2. The van der Waals surface area contributed by atoms with E-state index in [0.717, 1.165) is 11.8 Å². The molecule has 0 N–H and O–H groups in total. The molecule has 174 valence electrons. The number of hydrogen-bond donors (Lipinski definition) is 0. The third kappa shape index (κ3) is 5.36. The Kier molecular flexibility index (Phi) is 7.73. The van der Waals surface area contributed by atoms with Gasteiger partial charge in [-0.2, -0.15) is 0 Å². The van der Waals surface area contributed by atoms with Gasteiger partial charge in [-0.3, -0.25) is 14.5 Å². The van der Waals surface area contributed by atoms with Crippen molar-refractivity contribution in [3.05, 3.63) is 97.3 Å². The molecule has 0 aromatic heterocycles. The molecule has 4 rings (SSSR count). The fourth-order valence-corrected chi connectivity index (χ4v) is 4.84. The van der Waals surface area contributed by atoms with Gasteiger partial charge in [-0.25, -0.2) is 0 Å². The van der Waals surface area contributed by atoms with Crippen LogP contribution in [0, 0.1) is 0 Å². The Morgan fingerprint density at radius 2 is 1.62 bits per heavy atom. The molecule has 1 heterocycles. The quantitative estimate of drug-likeness (QED) is 0.294. The Labute approximate surface area is 216 Å². The molecule has 0 atom stereocenters. The van der Waals surface area contributed by atoms with E-state index in [1.165, 1.54) is 12.0 Å². The van der Waals surface area contributed by atoms with Crippen LogP contribution in [0.4, 0.5) is 4.79 Å². The Balaban J connectivity index is 1.55. The van der Waals surface area contributed by atoms with Gasteiger partial charge < -0.3 is 9.47 Å². The minimum absolute atomic E-state index is 0.108. The van der Waals surface area contributed by atoms with Crippen LogP contribution in [0.5, 0.6) is 11.5 Å². The topological polar surface area (TPSA) is 55.8 Å². The summed E-state index contributed by atoms with van der Waals surface area (Å²) >= 11 is 19.5. The van der Waals surface area contributed by atoms with E-state index < -0.39 is 0 Å². The van der Waals surface area contributed by atoms with Crippen LogP contribution < -0.4 is 9.47 Å². The molecule has 0 unspecified atom stereocenters. The van der Waals surface area contributed by atoms with Crippen molar-refractivity contribution in [2.75, 3.05) is 7.11 Å². The summed E-state index contributed by atoms with van der Waals surface area (Å²) < 4.78 is 11.3. The molecule has 0 aliphatic carbocycles. The van der Waals surface area contributed by atoms with Crippen LogP contribution in [0.2, 0.25) is 15.1 Å². The highest BCUT2D eigenvalue weighted by Crippen LogP contribution is 2.36. The Hall–Kier alpha value is -2.64. The summed E-state index contributed by atoms with van der Waals surface area (Å²) in [6.45, 7) is 0.240. The van der Waals surface area contributed by atoms with E-state index >= 15 is 0 Å². The maximum atomic E-state index is 12.9. The number of benzene rings is 3. The average Bonchev–Trinajstić information content (AvgIpc) is 3.07. The highest BCUT2D eigenvalue weighted by Gasteiger charge is 2.35. The van der Waals surface area contributed by atoms with Gasteiger partial charge in [0.05, 0.1) is 18.6 Å². The van der Waals surface area contributed by atoms with Crippen LogP contribution in [-0.4, -0.2) is 23.2 Å². The predicted octanol–water partition coefficient (Wildman–Crippen LogP) is 7.47. The second-order valence-corrected chi connectivity index (χ2v) is 9.47. The molecule has 2 amide bonds. The summed E-state index contributed by atoms with van der Waals surface area (Å²) in [6, 6.07) is 17.6. The van der Waals surface area contributed by atoms with E-state index in [0.29, 0.717) is 48.2 Å². The number of ether oxygens (including phenoxy) is 2. The van der Waals surface area contributed by atoms with Gasteiger partial charge in [-0.05, 0) is 59.3 Å². The molecule has 1 saturated heterocycles. The first-order valence-electron chi connectivity index (χ1n) is 10.1. The highest BCUT2D eigenvalue weighted by molar-refractivity contribution is 8.18. The van der Waals surface area contributed by atoms with Crippen molar-refractivity contribution in [2.45, 2.75) is 13.2 Å². The molecule has 1 aliphatic rings. The molecule has 1 aliphatic heterocycles. The third-order valence-electron chi connectivity index (χ3n) is 5.08. The lowest BCUT2D eigenvalue weighted by atomic mass is 10.1. The minimum Gasteiger partial charge on any atom is -0.493 e. The molecule has 0 radical (unpaired) electrons. The normalized spacial score (nSPS) is 14.7. The van der Waals surface area contributed by atoms with Gasteiger partial charge in [0.1, 0.15) is 6.61 Å². The van der Waals surface area contributed by atoms with Crippen LogP contribution in [0.3, 0.4) is 0 Å². The zero-order valence-corrected chi connectivity index (χ0v) is 21.0. The Bertz CT molecular complexity index is 1270. The Morgan fingerprint density at radius 1 is 0.912 bits per heavy atom. The minimum atomic E-state index is -0.379. The largest absolute Gasteiger partial charge is 0.493 e. The van der Waals surface area contributed by atoms with E-state index in [9.17, 15) is 9.59 Å². The van der Waals surface area contributed by atoms with Crippen LogP contribution in [0.25, 0.3) is 6.08 Å². The lowest BCUT2D eigenvalue weighted by molar-refractivity contribution is -0.123. The van der Waals surface area contributed by atoms with Crippen molar-refractivity contribution >= 4 is 63.8 Å². The standard InChI is InChI=1S/C25H18Cl3NO4S/c1-32-21-10-9-15(11-22(21)33-14-17-19(27)7-4-8-20(17)28)12-23-24(30)29(25(31)34-23)13-16-5-2-3-6-18(16)26/h2-12H,13-14H2,1H3/b23-12-. The first-order chi connectivity index (χ1) is 16.4. The van der Waals surface area contributed by atoms with E-state index in [4.69, 9.17) is 44.3 Å². The van der Waals surface area contributed by atoms with Crippen molar-refractivity contribution in [3.8, 4) is 11.5 Å². The lowest BCUT2D eigenvalue weighted by Crippen LogP contribution is -2.27. The molecule has 0 saturated carbocycles. The van der Waals surface area contributed by atoms with Crippen molar-refractivity contribution in [2.24, 2.45) is 0 Å². The maximum absolute atomic E-state index is 12.9. The molecular weight excluding hydrogens is 517 g/mol. The number of hydrogen-bond acceptors (Lipinski definition) is 5. The van der Waals surface area contributed by atoms with E-state index in [1.54, 1.807) is 60.7 Å². The van der Waals surface area contributed by atoms with Gasteiger partial charge in [0.25, 0.3) is 11.1 Å². The molecule has 1 fully saturated rings. The first kappa shape index (κ1) is 24.5. The lowest BCUT2D eigenvalue weighted by Gasteiger charge is -2.14. The zero-order valence-electron chi connectivity index (χ0n) is 17.9. The van der Waals surface area contributed by atoms with Gasteiger partial charge in [0, 0.05) is 20.6 Å². The molecule has 3 aromatic rings. The average molecular weight is 535 g/mol. The number of carbonyl (C=O) groups is 2. The monoisotopic (exact) mass is 533 g/mol. The number of rotatable bonds is 7. The smallest absolute Gasteiger partial charge is 0.293 e. The summed E-state index contributed by atoms with van der Waals surface area (Å²) in [5, 5.41) is 1.14. The van der Waals surface area contributed by atoms with Gasteiger partial charge in [-0.15, -0.1) is 0 Å². The summed E-state index contributed by atoms with van der Waals surface area (Å²) in [4.78, 5) is 26.9. The van der Waals surface area contributed by atoms with E-state index in [1.807, 2.05) is 6.07 Å². The zero-order chi connectivity index (χ0) is 24.2. The number of nitrogens with zero attached hydrogens (tertiary/aromatic N) is 1. The molecule has 34 heavy (non-hydrogen) atoms. The summed E-state index contributed by atoms with van der Waals surface area (Å²) in [7, 11) is 1.53. The van der Waals surface area contributed by atoms with Gasteiger partial charge in [-0.1, -0.05) is 65.1 Å². The molecule has 0 spiro atoms. The van der Waals surface area contributed by atoms with Gasteiger partial charge in [0.2, 0.25) is 0 Å². The van der Waals surface area contributed by atoms with Crippen LogP contribution >= 0.6 is 46.6 Å². The fourth-order valence-electron chi connectivity index (χ4n) is 3.30. The predicted molar refractivity (Wildman–Crippen MR) is 137 cm³/mol. The summed E-state index contributed by atoms with van der Waals surface area (Å²) in [5.41, 5.74) is 2.02. The number of halogens is 3. The van der Waals surface area contributed by atoms with Crippen molar-refractivity contribution in [1.29, 1.82) is 0 Å². The summed E-state index contributed by atoms with van der Waals surface area (Å²) in [5.74, 6) is 0.575. The van der Waals surface area contributed by atoms with Crippen molar-refractivity contribution in [1.82, 2.24) is 4.90 Å². The highest BCUT2D eigenvalue weighted by atomic mass is 35.5. The first-order valence-corrected chi connectivity index (χ1v) is 12.0. The Morgan fingerprint density at radius 3 is 2.32 bits per heavy atom. The van der Waals surface area contributed by atoms with E-state index in [2.05, 4.69) is 0 Å². The number of carbonyl (C=O) groups excluding carboxylic acids is 2. The second kappa shape index (κ2) is 10.7. The van der Waals surface area contributed by atoms with E-state index in [-0.39, 0.29) is 24.3 Å². The van der Waals surface area contributed by atoms with Crippen molar-refractivity contribution < 1.29 is 19.1 Å². The molecule has 9 heteroatoms. The number of imide groups is 1. The molecular formula is C25H18Cl3NO4S. The maximum Gasteiger partial charge on any atom is 0.293 e. The molecule has 0 bridgehead atoms. The molecule has 3 aromatic carbocycles. The summed E-state index contributed by atoms with van der Waals surface area (Å²) in [6.07, 6.45) is 1.65. The van der Waals surface area contributed by atoms with Crippen LogP contribution in [0.15, 0.2) is 65.6 Å². The third-order valence-corrected chi connectivity index (χ3v) is 7.06. The van der Waals surface area contributed by atoms with Gasteiger partial charge >= 0.3 is 0 Å². The molecule has 5 nitrogen and oxygen atoms in total. The van der Waals surface area contributed by atoms with Crippen LogP contribution in [-0.2, 0) is 17.9 Å². The fraction of sp³-hybridized carbons (Fsp3) is 0.120. The number of methoxy groups -OCH3 is 1. The SMILES string of the molecule is COc1ccc(/C=C2\SC(=O)N(Cc3ccccc3Cl)C2=O)cc1OCc1c(Cl)cccc1Cl. The van der Waals surface area contributed by atoms with Gasteiger partial charge in [0.15, 0.2) is 11.5 Å². The van der Waals surface area contributed by atoms with Crippen LogP contribution in [0.1, 0.15) is 16.7 Å². The second-order valence-electron chi connectivity index (χ2n) is 7.26. The number of thioether (sulfide) groups is 1. The van der Waals surface area contributed by atoms with Crippen molar-refractivity contribution in [3.63, 3.8) is 0 Å².